The fourth-order valence-electron chi connectivity index (χ4n) is 0.933. The second-order valence-electron chi connectivity index (χ2n) is 2.20. The third-order valence-corrected chi connectivity index (χ3v) is 1.67. The summed E-state index contributed by atoms with van der Waals surface area (Å²) in [6.45, 7) is 0.936. The lowest BCUT2D eigenvalue weighted by molar-refractivity contribution is 0.510. The maximum absolute atomic E-state index is 9.88. The number of hydrogen-bond acceptors (Lipinski definition) is 5. The van der Waals surface area contributed by atoms with Crippen LogP contribution in [0, 0.1) is 0 Å². The number of aliphatic imine (C=N–C) groups is 1. The minimum Gasteiger partial charge on any atom is -0.372 e. The van der Waals surface area contributed by atoms with Gasteiger partial charge < -0.3 is 4.18 Å². The molecule has 1 aliphatic heterocycles. The fraction of sp³-hybridized carbons (Fsp3) is 0.800. The van der Waals surface area contributed by atoms with E-state index in [4.69, 9.17) is 0 Å². The summed E-state index contributed by atoms with van der Waals surface area (Å²) in [5, 5.41) is 3.06. The van der Waals surface area contributed by atoms with Gasteiger partial charge in [0.05, 0.1) is 0 Å². The predicted octanol–water partition coefficient (Wildman–Crippen LogP) is -0.733. The van der Waals surface area contributed by atoms with Crippen LogP contribution in [-0.4, -0.2) is 27.5 Å². The van der Waals surface area contributed by atoms with Gasteiger partial charge in [0.2, 0.25) is 0 Å². The summed E-state index contributed by atoms with van der Waals surface area (Å²) < 4.78 is 23.9. The molecule has 0 bridgehead atoms. The summed E-state index contributed by atoms with van der Waals surface area (Å²) in [7, 11) is -2.80. The molecule has 1 fully saturated rings. The highest BCUT2D eigenvalue weighted by Gasteiger charge is 2.10. The van der Waals surface area contributed by atoms with Gasteiger partial charge in [0, 0.05) is 0 Å². The Hall–Kier alpha value is -0.620. The Labute approximate surface area is 66.6 Å². The molecule has 1 saturated heterocycles. The summed E-state index contributed by atoms with van der Waals surface area (Å²) in [4.78, 5) is 3.82. The van der Waals surface area contributed by atoms with Crippen molar-refractivity contribution in [3.05, 3.63) is 0 Å². The van der Waals surface area contributed by atoms with E-state index < -0.39 is 11.0 Å². The van der Waals surface area contributed by atoms with E-state index in [1.165, 1.54) is 0 Å². The minimum atomic E-state index is -2.80. The third kappa shape index (κ3) is 3.33. The third-order valence-electron chi connectivity index (χ3n) is 1.41. The number of rotatable bonds is 3. The maximum atomic E-state index is 9.88. The van der Waals surface area contributed by atoms with Crippen LogP contribution in [0.5, 0.6) is 0 Å². The van der Waals surface area contributed by atoms with Crippen molar-refractivity contribution in [3.8, 4) is 0 Å². The standard InChI is InChI=1S/C5H10N2O3S/c8-11(9)10-4-7-5-2-1-3-6-5/h4-6,11H,1-3H2. The second kappa shape index (κ2) is 4.30. The van der Waals surface area contributed by atoms with Gasteiger partial charge in [0.1, 0.15) is 6.17 Å². The zero-order valence-electron chi connectivity index (χ0n) is 5.90. The Kier molecular flexibility index (Phi) is 3.31. The summed E-state index contributed by atoms with van der Waals surface area (Å²) in [5.74, 6) is 0. The van der Waals surface area contributed by atoms with E-state index in [-0.39, 0.29) is 6.17 Å². The molecule has 0 aromatic heterocycles. The molecule has 64 valence electrons. The number of hydrogen-bond donors (Lipinski definition) is 2. The van der Waals surface area contributed by atoms with Crippen molar-refractivity contribution in [1.82, 2.24) is 5.32 Å². The van der Waals surface area contributed by atoms with Crippen LogP contribution in [-0.2, 0) is 15.2 Å². The van der Waals surface area contributed by atoms with Gasteiger partial charge in [-0.3, -0.25) is 5.32 Å². The minimum absolute atomic E-state index is 0.0324. The summed E-state index contributed by atoms with van der Waals surface area (Å²) in [6.07, 6.45) is 3.01. The first-order valence-electron chi connectivity index (χ1n) is 3.35. The molecule has 1 N–H and O–H groups in total. The number of nitrogens with one attached hydrogen (secondary N) is 1. The Morgan fingerprint density at radius 2 is 2.45 bits per heavy atom. The highest BCUT2D eigenvalue weighted by molar-refractivity contribution is 7.67. The summed E-state index contributed by atoms with van der Waals surface area (Å²) in [6, 6.07) is 0. The molecule has 0 aliphatic carbocycles. The van der Waals surface area contributed by atoms with Crippen molar-refractivity contribution in [2.45, 2.75) is 19.0 Å². The van der Waals surface area contributed by atoms with E-state index >= 15 is 0 Å². The summed E-state index contributed by atoms with van der Waals surface area (Å²) in [5.41, 5.74) is 0. The van der Waals surface area contributed by atoms with E-state index in [0.717, 1.165) is 25.8 Å². The van der Waals surface area contributed by atoms with Gasteiger partial charge in [-0.05, 0) is 19.4 Å². The first-order valence-corrected chi connectivity index (χ1v) is 4.45. The molecular formula is C5H10N2O3S. The van der Waals surface area contributed by atoms with Crippen LogP contribution in [0.15, 0.2) is 4.99 Å². The van der Waals surface area contributed by atoms with Crippen LogP contribution in [0.3, 0.4) is 0 Å². The quantitative estimate of drug-likeness (QED) is 0.339. The zero-order chi connectivity index (χ0) is 8.10. The van der Waals surface area contributed by atoms with Gasteiger partial charge in [-0.25, -0.2) is 4.99 Å². The fourth-order valence-corrected chi connectivity index (χ4v) is 1.06. The van der Waals surface area contributed by atoms with Crippen LogP contribution < -0.4 is 5.32 Å². The average molecular weight is 178 g/mol. The molecular weight excluding hydrogens is 168 g/mol. The SMILES string of the molecule is O=[SH](=O)OC=NC1CCCN1. The van der Waals surface area contributed by atoms with Crippen LogP contribution >= 0.6 is 0 Å². The van der Waals surface area contributed by atoms with Gasteiger partial charge in [0.25, 0.3) is 11.0 Å². The van der Waals surface area contributed by atoms with Crippen LogP contribution in [0.2, 0.25) is 0 Å². The first-order chi connectivity index (χ1) is 5.29. The molecule has 0 saturated carbocycles. The van der Waals surface area contributed by atoms with Crippen molar-refractivity contribution in [2.75, 3.05) is 6.54 Å². The Bertz CT molecular complexity index is 200. The Morgan fingerprint density at radius 3 is 3.00 bits per heavy atom. The second-order valence-corrected chi connectivity index (χ2v) is 2.85. The largest absolute Gasteiger partial charge is 0.372 e. The number of nitrogens with zero attached hydrogens (tertiary/aromatic N) is 1. The molecule has 6 heteroatoms. The van der Waals surface area contributed by atoms with E-state index in [1.54, 1.807) is 0 Å². The lowest BCUT2D eigenvalue weighted by atomic mass is 10.3. The molecule has 1 heterocycles. The van der Waals surface area contributed by atoms with Crippen LogP contribution in [0.4, 0.5) is 0 Å². The highest BCUT2D eigenvalue weighted by atomic mass is 32.2. The van der Waals surface area contributed by atoms with Crippen molar-refractivity contribution in [2.24, 2.45) is 4.99 Å². The van der Waals surface area contributed by atoms with Crippen molar-refractivity contribution in [1.29, 1.82) is 0 Å². The molecule has 0 spiro atoms. The van der Waals surface area contributed by atoms with Gasteiger partial charge >= 0.3 is 0 Å². The monoisotopic (exact) mass is 178 g/mol. The van der Waals surface area contributed by atoms with Crippen LogP contribution in [0.1, 0.15) is 12.8 Å². The van der Waals surface area contributed by atoms with E-state index in [9.17, 15) is 8.42 Å². The van der Waals surface area contributed by atoms with Gasteiger partial charge in [0.15, 0.2) is 6.40 Å². The highest BCUT2D eigenvalue weighted by Crippen LogP contribution is 2.04. The molecule has 0 radical (unpaired) electrons. The molecule has 0 aromatic rings. The molecule has 11 heavy (non-hydrogen) atoms. The zero-order valence-corrected chi connectivity index (χ0v) is 6.79. The lowest BCUT2D eigenvalue weighted by Crippen LogP contribution is -2.18. The van der Waals surface area contributed by atoms with Gasteiger partial charge in [-0.15, -0.1) is 0 Å². The molecule has 0 aromatic carbocycles. The normalized spacial score (nSPS) is 25.0. The summed E-state index contributed by atoms with van der Waals surface area (Å²) >= 11 is 0. The van der Waals surface area contributed by atoms with Gasteiger partial charge in [-0.1, -0.05) is 0 Å². The number of thiol groups is 1. The Balaban J connectivity index is 2.22. The smallest absolute Gasteiger partial charge is 0.300 e. The van der Waals surface area contributed by atoms with E-state index in [0.29, 0.717) is 0 Å². The van der Waals surface area contributed by atoms with Gasteiger partial charge in [-0.2, -0.15) is 8.42 Å². The molecule has 1 aliphatic rings. The molecule has 1 atom stereocenters. The lowest BCUT2D eigenvalue weighted by Gasteiger charge is -1.99. The molecule has 5 nitrogen and oxygen atoms in total. The maximum Gasteiger partial charge on any atom is 0.300 e. The van der Waals surface area contributed by atoms with Crippen LogP contribution in [0.25, 0.3) is 0 Å². The predicted molar refractivity (Wildman–Crippen MR) is 40.9 cm³/mol. The van der Waals surface area contributed by atoms with Crippen molar-refractivity contribution >= 4 is 17.4 Å². The average Bonchev–Trinajstić information content (AvgIpc) is 2.39. The Morgan fingerprint density at radius 1 is 1.64 bits per heavy atom. The van der Waals surface area contributed by atoms with Crippen molar-refractivity contribution in [3.63, 3.8) is 0 Å². The topological polar surface area (TPSA) is 67.8 Å². The molecule has 1 unspecified atom stereocenters. The van der Waals surface area contributed by atoms with Crippen molar-refractivity contribution < 1.29 is 12.6 Å². The molecule has 0 amide bonds. The van der Waals surface area contributed by atoms with E-state index in [1.807, 2.05) is 0 Å². The molecule has 1 rings (SSSR count). The van der Waals surface area contributed by atoms with E-state index in [2.05, 4.69) is 14.5 Å². The first kappa shape index (κ1) is 8.48.